The van der Waals surface area contributed by atoms with Gasteiger partial charge in [-0.05, 0) is 54.2 Å². The number of amides is 2. The Balaban J connectivity index is 1.74. The zero-order valence-corrected chi connectivity index (χ0v) is 19.6. The summed E-state index contributed by atoms with van der Waals surface area (Å²) >= 11 is 0. The number of hydrogen-bond acceptors (Lipinski definition) is 4. The molecule has 1 N–H and O–H groups in total. The molecular weight excluding hydrogens is 423 g/mol. The topological polar surface area (TPSA) is 67.9 Å². The van der Waals surface area contributed by atoms with Crippen molar-refractivity contribution in [3.8, 4) is 11.5 Å². The van der Waals surface area contributed by atoms with E-state index in [2.05, 4.69) is 5.32 Å². The number of hydrogen-bond donors (Lipinski definition) is 1. The minimum Gasteiger partial charge on any atom is -0.486 e. The molecule has 1 heterocycles. The van der Waals surface area contributed by atoms with Crippen LogP contribution in [0.5, 0.6) is 11.5 Å². The van der Waals surface area contributed by atoms with Crippen LogP contribution in [0.25, 0.3) is 0 Å². The number of aryl methyl sites for hydroxylation is 1. The van der Waals surface area contributed by atoms with Gasteiger partial charge in [0.15, 0.2) is 11.5 Å². The second kappa shape index (κ2) is 11.7. The molecule has 0 radical (unpaired) electrons. The van der Waals surface area contributed by atoms with Crippen molar-refractivity contribution in [2.24, 2.45) is 5.92 Å². The lowest BCUT2D eigenvalue weighted by Crippen LogP contribution is -2.49. The largest absolute Gasteiger partial charge is 0.486 e. The highest BCUT2D eigenvalue weighted by Crippen LogP contribution is 2.31. The smallest absolute Gasteiger partial charge is 0.242 e. The lowest BCUT2D eigenvalue weighted by atomic mass is 10.1. The Morgan fingerprint density at radius 3 is 2.36 bits per heavy atom. The van der Waals surface area contributed by atoms with E-state index in [9.17, 15) is 14.0 Å². The van der Waals surface area contributed by atoms with Crippen LogP contribution < -0.4 is 14.8 Å². The lowest BCUT2D eigenvalue weighted by Gasteiger charge is -2.31. The molecule has 0 saturated carbocycles. The molecule has 2 aromatic carbocycles. The molecule has 178 valence electrons. The number of carbonyl (C=O) groups is 2. The molecule has 2 aromatic rings. The van der Waals surface area contributed by atoms with Gasteiger partial charge in [0.1, 0.15) is 25.1 Å². The molecule has 1 aliphatic rings. The first-order valence-electron chi connectivity index (χ1n) is 11.6. The van der Waals surface area contributed by atoms with Gasteiger partial charge < -0.3 is 19.7 Å². The molecule has 0 aromatic heterocycles. The van der Waals surface area contributed by atoms with Crippen molar-refractivity contribution in [1.29, 1.82) is 0 Å². The van der Waals surface area contributed by atoms with Crippen LogP contribution >= 0.6 is 0 Å². The number of nitrogens with one attached hydrogen (secondary N) is 1. The molecule has 1 aliphatic heterocycles. The molecule has 2 amide bonds. The Hall–Kier alpha value is -3.09. The third-order valence-electron chi connectivity index (χ3n) is 5.57. The van der Waals surface area contributed by atoms with Crippen LogP contribution in [0.4, 0.5) is 4.39 Å². The average molecular weight is 457 g/mol. The van der Waals surface area contributed by atoms with Gasteiger partial charge in [-0.15, -0.1) is 0 Å². The van der Waals surface area contributed by atoms with E-state index in [-0.39, 0.29) is 30.6 Å². The maximum absolute atomic E-state index is 13.4. The third kappa shape index (κ3) is 6.94. The first-order valence-corrected chi connectivity index (χ1v) is 11.6. The Kier molecular flexibility index (Phi) is 8.69. The summed E-state index contributed by atoms with van der Waals surface area (Å²) in [5.41, 5.74) is 1.74. The highest BCUT2D eigenvalue weighted by Gasteiger charge is 2.28. The third-order valence-corrected chi connectivity index (χ3v) is 5.57. The molecule has 0 fully saturated rings. The van der Waals surface area contributed by atoms with E-state index in [0.29, 0.717) is 50.0 Å². The van der Waals surface area contributed by atoms with Gasteiger partial charge in [-0.3, -0.25) is 9.59 Å². The minimum absolute atomic E-state index is 0.124. The first-order chi connectivity index (χ1) is 15.9. The summed E-state index contributed by atoms with van der Waals surface area (Å²) in [5.74, 6) is 1.08. The molecule has 3 rings (SSSR count). The molecule has 0 aliphatic carbocycles. The maximum atomic E-state index is 13.4. The Morgan fingerprint density at radius 2 is 1.70 bits per heavy atom. The molecular formula is C26H33FN2O4. The van der Waals surface area contributed by atoms with E-state index < -0.39 is 6.04 Å². The summed E-state index contributed by atoms with van der Waals surface area (Å²) < 4.78 is 24.6. The number of rotatable bonds is 10. The van der Waals surface area contributed by atoms with Gasteiger partial charge in [0.25, 0.3) is 0 Å². The molecule has 1 atom stereocenters. The van der Waals surface area contributed by atoms with Crippen molar-refractivity contribution < 1.29 is 23.5 Å². The van der Waals surface area contributed by atoms with Crippen LogP contribution in [0.2, 0.25) is 0 Å². The van der Waals surface area contributed by atoms with E-state index in [4.69, 9.17) is 9.47 Å². The Labute approximate surface area is 195 Å². The predicted octanol–water partition coefficient (Wildman–Crippen LogP) is 4.11. The summed E-state index contributed by atoms with van der Waals surface area (Å²) in [6, 6.07) is 11.1. The fourth-order valence-electron chi connectivity index (χ4n) is 3.77. The van der Waals surface area contributed by atoms with Crippen molar-refractivity contribution in [2.75, 3.05) is 19.8 Å². The predicted molar refractivity (Wildman–Crippen MR) is 125 cm³/mol. The molecule has 7 heteroatoms. The van der Waals surface area contributed by atoms with E-state index in [1.807, 2.05) is 39.0 Å². The van der Waals surface area contributed by atoms with Crippen molar-refractivity contribution in [3.63, 3.8) is 0 Å². The van der Waals surface area contributed by atoms with Gasteiger partial charge in [0.05, 0.1) is 0 Å². The Bertz CT molecular complexity index is 946. The summed E-state index contributed by atoms with van der Waals surface area (Å²) in [6.07, 6.45) is 1.25. The fraction of sp³-hybridized carbons (Fsp3) is 0.462. The normalized spacial score (nSPS) is 13.5. The minimum atomic E-state index is -0.596. The number of carbonyl (C=O) groups excluding carboxylic acids is 2. The Morgan fingerprint density at radius 1 is 1.03 bits per heavy atom. The van der Waals surface area contributed by atoms with Crippen molar-refractivity contribution >= 4 is 11.8 Å². The number of ether oxygens (including phenoxy) is 2. The quantitative estimate of drug-likeness (QED) is 0.584. The zero-order chi connectivity index (χ0) is 23.8. The molecule has 0 bridgehead atoms. The molecule has 33 heavy (non-hydrogen) atoms. The standard InChI is InChI=1S/C26H33FN2O4/c1-4-22(26(31)28-16-18(2)3)29(17-20-5-9-21(27)10-6-20)25(30)12-8-19-7-11-23-24(15-19)33-14-13-32-23/h5-7,9-11,15,18,22H,4,8,12-14,16-17H2,1-3H3,(H,28,31)/t22-/m1/s1. The van der Waals surface area contributed by atoms with Crippen LogP contribution in [0, 0.1) is 11.7 Å². The number of benzene rings is 2. The second-order valence-corrected chi connectivity index (χ2v) is 8.69. The summed E-state index contributed by atoms with van der Waals surface area (Å²) in [4.78, 5) is 27.9. The van der Waals surface area contributed by atoms with Crippen LogP contribution in [0.15, 0.2) is 42.5 Å². The fourth-order valence-corrected chi connectivity index (χ4v) is 3.77. The highest BCUT2D eigenvalue weighted by atomic mass is 19.1. The maximum Gasteiger partial charge on any atom is 0.242 e. The monoisotopic (exact) mass is 456 g/mol. The zero-order valence-electron chi connectivity index (χ0n) is 19.6. The molecule has 0 saturated heterocycles. The van der Waals surface area contributed by atoms with Crippen molar-refractivity contribution in [2.45, 2.75) is 52.6 Å². The van der Waals surface area contributed by atoms with Crippen molar-refractivity contribution in [3.05, 3.63) is 59.4 Å². The molecule has 6 nitrogen and oxygen atoms in total. The number of nitrogens with zero attached hydrogens (tertiary/aromatic N) is 1. The average Bonchev–Trinajstić information content (AvgIpc) is 2.82. The van der Waals surface area contributed by atoms with Crippen LogP contribution in [-0.4, -0.2) is 42.5 Å². The molecule has 0 spiro atoms. The number of fused-ring (bicyclic) bond motifs is 1. The lowest BCUT2D eigenvalue weighted by molar-refractivity contribution is -0.141. The van der Waals surface area contributed by atoms with Crippen LogP contribution in [0.1, 0.15) is 44.7 Å². The van der Waals surface area contributed by atoms with Gasteiger partial charge in [0, 0.05) is 19.5 Å². The van der Waals surface area contributed by atoms with Crippen LogP contribution in [0.3, 0.4) is 0 Å². The van der Waals surface area contributed by atoms with Gasteiger partial charge in [0.2, 0.25) is 11.8 Å². The highest BCUT2D eigenvalue weighted by molar-refractivity contribution is 5.87. The van der Waals surface area contributed by atoms with Crippen LogP contribution in [-0.2, 0) is 22.6 Å². The van der Waals surface area contributed by atoms with Crippen molar-refractivity contribution in [1.82, 2.24) is 10.2 Å². The van der Waals surface area contributed by atoms with E-state index in [0.717, 1.165) is 11.1 Å². The van der Waals surface area contributed by atoms with E-state index >= 15 is 0 Å². The van der Waals surface area contributed by atoms with Gasteiger partial charge in [-0.25, -0.2) is 4.39 Å². The van der Waals surface area contributed by atoms with E-state index in [1.54, 1.807) is 17.0 Å². The summed E-state index contributed by atoms with van der Waals surface area (Å²) in [7, 11) is 0. The van der Waals surface area contributed by atoms with Gasteiger partial charge in [-0.2, -0.15) is 0 Å². The summed E-state index contributed by atoms with van der Waals surface area (Å²) in [5, 5.41) is 2.95. The SMILES string of the molecule is CC[C@H](C(=O)NCC(C)C)N(Cc1ccc(F)cc1)C(=O)CCc1ccc2c(c1)OCCO2. The van der Waals surface area contributed by atoms with Gasteiger partial charge >= 0.3 is 0 Å². The van der Waals surface area contributed by atoms with Gasteiger partial charge in [-0.1, -0.05) is 39.0 Å². The van der Waals surface area contributed by atoms with E-state index in [1.165, 1.54) is 12.1 Å². The second-order valence-electron chi connectivity index (χ2n) is 8.69. The molecule has 0 unspecified atom stereocenters. The number of halogens is 1. The summed E-state index contributed by atoms with van der Waals surface area (Å²) in [6.45, 7) is 7.77. The first kappa shape index (κ1) is 24.6.